The van der Waals surface area contributed by atoms with Gasteiger partial charge in [-0.3, -0.25) is 14.8 Å². The molecule has 0 saturated heterocycles. The van der Waals surface area contributed by atoms with E-state index in [1.807, 2.05) is 0 Å². The predicted molar refractivity (Wildman–Crippen MR) is 115 cm³/mol. The summed E-state index contributed by atoms with van der Waals surface area (Å²) < 4.78 is 5.28. The number of carbonyl (C=O) groups excluding carboxylic acids is 1. The number of aromatic nitrogens is 5. The Hall–Kier alpha value is -2.72. The summed E-state index contributed by atoms with van der Waals surface area (Å²) >= 11 is 7.51. The molecule has 9 nitrogen and oxygen atoms in total. The van der Waals surface area contributed by atoms with Gasteiger partial charge in [-0.05, 0) is 30.9 Å². The van der Waals surface area contributed by atoms with Gasteiger partial charge in [0.05, 0.1) is 17.4 Å². The number of thiazole rings is 1. The molecule has 0 atom stereocenters. The van der Waals surface area contributed by atoms with Crippen LogP contribution in [0.2, 0.25) is 5.28 Å². The Labute approximate surface area is 182 Å². The van der Waals surface area contributed by atoms with Crippen molar-refractivity contribution in [3.8, 4) is 10.8 Å². The third-order valence-corrected chi connectivity index (χ3v) is 5.81. The van der Waals surface area contributed by atoms with E-state index in [-0.39, 0.29) is 11.3 Å². The lowest BCUT2D eigenvalue weighted by molar-refractivity contribution is 0.222. The van der Waals surface area contributed by atoms with Gasteiger partial charge in [-0.1, -0.05) is 25.1 Å². The Bertz CT molecular complexity index is 1030. The lowest BCUT2D eigenvalue weighted by Gasteiger charge is -2.35. The van der Waals surface area contributed by atoms with Crippen LogP contribution in [0.5, 0.6) is 0 Å². The second-order valence-corrected chi connectivity index (χ2v) is 8.20. The van der Waals surface area contributed by atoms with Crippen molar-refractivity contribution >= 4 is 40.5 Å². The van der Waals surface area contributed by atoms with Gasteiger partial charge in [-0.25, -0.2) is 4.79 Å². The fourth-order valence-electron chi connectivity index (χ4n) is 3.30. The van der Waals surface area contributed by atoms with E-state index in [4.69, 9.17) is 16.1 Å². The molecule has 0 bridgehead atoms. The lowest BCUT2D eigenvalue weighted by atomic mass is 10.1. The van der Waals surface area contributed by atoms with Crippen LogP contribution in [0.1, 0.15) is 44.1 Å². The van der Waals surface area contributed by atoms with Crippen LogP contribution in [0.25, 0.3) is 16.5 Å². The lowest BCUT2D eigenvalue weighted by Crippen LogP contribution is -2.47. The molecule has 3 aromatic heterocycles. The summed E-state index contributed by atoms with van der Waals surface area (Å²) in [4.78, 5) is 33.0. The summed E-state index contributed by atoms with van der Waals surface area (Å²) in [5.74, 6) is 1.69. The van der Waals surface area contributed by atoms with E-state index in [9.17, 15) is 4.79 Å². The van der Waals surface area contributed by atoms with Crippen molar-refractivity contribution in [2.24, 2.45) is 0 Å². The number of urea groups is 1. The molecule has 1 N–H and O–H groups in total. The molecule has 1 aliphatic rings. The number of nitrogens with one attached hydrogen (secondary N) is 1. The fourth-order valence-corrected chi connectivity index (χ4v) is 4.01. The average molecular weight is 448 g/mol. The van der Waals surface area contributed by atoms with Crippen LogP contribution in [-0.4, -0.2) is 49.1 Å². The van der Waals surface area contributed by atoms with E-state index in [0.29, 0.717) is 48.4 Å². The van der Waals surface area contributed by atoms with Gasteiger partial charge in [0.1, 0.15) is 10.6 Å². The van der Waals surface area contributed by atoms with Crippen molar-refractivity contribution in [2.45, 2.75) is 39.0 Å². The summed E-state index contributed by atoms with van der Waals surface area (Å²) in [7, 11) is 0. The van der Waals surface area contributed by atoms with Crippen LogP contribution in [0.15, 0.2) is 22.8 Å². The highest BCUT2D eigenvalue weighted by atomic mass is 35.5. The SMILES string of the molecule is C=C1c2[nH]c(Cl)nc2N(CCCC)C(=O)N1CCCCc1noc(-c2cncs2)n1. The number of anilines is 1. The molecule has 3 aromatic rings. The molecule has 0 spiro atoms. The molecule has 2 amide bonds. The number of hydrogen-bond donors (Lipinski definition) is 1. The van der Waals surface area contributed by atoms with Gasteiger partial charge in [0.2, 0.25) is 5.28 Å². The van der Waals surface area contributed by atoms with Gasteiger partial charge in [0, 0.05) is 19.5 Å². The molecule has 0 unspecified atom stereocenters. The van der Waals surface area contributed by atoms with Crippen molar-refractivity contribution in [3.05, 3.63) is 35.1 Å². The molecule has 0 fully saturated rings. The number of H-pyrrole nitrogens is 1. The molecule has 0 aliphatic carbocycles. The van der Waals surface area contributed by atoms with Crippen LogP contribution in [0.4, 0.5) is 10.6 Å². The second-order valence-electron chi connectivity index (χ2n) is 6.95. The maximum atomic E-state index is 13.1. The minimum Gasteiger partial charge on any atom is -0.333 e. The monoisotopic (exact) mass is 447 g/mol. The van der Waals surface area contributed by atoms with E-state index >= 15 is 0 Å². The molecule has 11 heteroatoms. The first kappa shape index (κ1) is 20.5. The number of imidazole rings is 1. The normalized spacial score (nSPS) is 13.9. The highest BCUT2D eigenvalue weighted by Gasteiger charge is 2.35. The van der Waals surface area contributed by atoms with Gasteiger partial charge in [0.25, 0.3) is 5.89 Å². The average Bonchev–Trinajstić information content (AvgIpc) is 3.47. The molecule has 0 radical (unpaired) electrons. The summed E-state index contributed by atoms with van der Waals surface area (Å²) in [6.45, 7) is 7.30. The van der Waals surface area contributed by atoms with E-state index in [1.54, 1.807) is 21.5 Å². The summed E-state index contributed by atoms with van der Waals surface area (Å²) in [5.41, 5.74) is 3.02. The summed E-state index contributed by atoms with van der Waals surface area (Å²) in [5, 5.41) is 4.28. The van der Waals surface area contributed by atoms with E-state index in [2.05, 4.69) is 38.6 Å². The number of nitrogens with zero attached hydrogens (tertiary/aromatic N) is 6. The number of amides is 2. The topological polar surface area (TPSA) is 104 Å². The zero-order valence-electron chi connectivity index (χ0n) is 16.6. The zero-order valence-corrected chi connectivity index (χ0v) is 18.2. The molecule has 4 heterocycles. The molecular formula is C19H22ClN7O2S. The Morgan fingerprint density at radius 1 is 1.23 bits per heavy atom. The highest BCUT2D eigenvalue weighted by molar-refractivity contribution is 7.13. The van der Waals surface area contributed by atoms with E-state index < -0.39 is 0 Å². The van der Waals surface area contributed by atoms with Gasteiger partial charge < -0.3 is 9.51 Å². The van der Waals surface area contributed by atoms with Crippen LogP contribution in [0, 0.1) is 0 Å². The third-order valence-electron chi connectivity index (χ3n) is 4.87. The van der Waals surface area contributed by atoms with Crippen LogP contribution in [-0.2, 0) is 6.42 Å². The Kier molecular flexibility index (Phi) is 6.14. The number of carbonyl (C=O) groups is 1. The molecule has 1 aliphatic heterocycles. The Morgan fingerprint density at radius 2 is 2.07 bits per heavy atom. The van der Waals surface area contributed by atoms with Gasteiger partial charge in [-0.2, -0.15) is 9.97 Å². The first-order chi connectivity index (χ1) is 14.6. The summed E-state index contributed by atoms with van der Waals surface area (Å²) in [6.07, 6.45) is 5.81. The molecule has 0 saturated carbocycles. The highest BCUT2D eigenvalue weighted by Crippen LogP contribution is 2.34. The van der Waals surface area contributed by atoms with Crippen molar-refractivity contribution in [2.75, 3.05) is 18.0 Å². The van der Waals surface area contributed by atoms with Crippen molar-refractivity contribution in [1.82, 2.24) is 30.0 Å². The fraction of sp³-hybridized carbons (Fsp3) is 0.421. The molecule has 4 rings (SSSR count). The number of fused-ring (bicyclic) bond motifs is 1. The number of hydrogen-bond acceptors (Lipinski definition) is 7. The van der Waals surface area contributed by atoms with Crippen molar-refractivity contribution < 1.29 is 9.32 Å². The minimum atomic E-state index is -0.115. The smallest absolute Gasteiger partial charge is 0.330 e. The first-order valence-electron chi connectivity index (χ1n) is 9.83. The number of rotatable bonds is 9. The van der Waals surface area contributed by atoms with E-state index in [1.165, 1.54) is 11.3 Å². The third kappa shape index (κ3) is 4.10. The van der Waals surface area contributed by atoms with Crippen molar-refractivity contribution in [1.29, 1.82) is 0 Å². The Morgan fingerprint density at radius 3 is 2.83 bits per heavy atom. The van der Waals surface area contributed by atoms with Gasteiger partial charge in [0.15, 0.2) is 11.6 Å². The zero-order chi connectivity index (χ0) is 21.1. The maximum absolute atomic E-state index is 13.1. The molecule has 30 heavy (non-hydrogen) atoms. The number of aryl methyl sites for hydroxylation is 1. The van der Waals surface area contributed by atoms with Gasteiger partial charge >= 0.3 is 6.03 Å². The predicted octanol–water partition coefficient (Wildman–Crippen LogP) is 4.61. The minimum absolute atomic E-state index is 0.115. The largest absolute Gasteiger partial charge is 0.333 e. The standard InChI is InChI=1S/C19H22ClN7O2S/c1-3-4-8-27-16-15(23-18(20)24-16)12(2)26(19(27)28)9-6-5-7-14-22-17(29-25-14)13-10-21-11-30-13/h10-11H,2-9H2,1H3,(H,23,24). The first-order valence-corrected chi connectivity index (χ1v) is 11.1. The van der Waals surface area contributed by atoms with Crippen molar-refractivity contribution in [3.63, 3.8) is 0 Å². The number of aromatic amines is 1. The van der Waals surface area contributed by atoms with Crippen LogP contribution in [0.3, 0.4) is 0 Å². The molecular weight excluding hydrogens is 426 g/mol. The maximum Gasteiger partial charge on any atom is 0.330 e. The molecule has 158 valence electrons. The number of unbranched alkanes of at least 4 members (excludes halogenated alkanes) is 2. The molecule has 0 aromatic carbocycles. The van der Waals surface area contributed by atoms with Gasteiger partial charge in [-0.15, -0.1) is 11.3 Å². The van der Waals surface area contributed by atoms with E-state index in [0.717, 1.165) is 30.6 Å². The van der Waals surface area contributed by atoms with Crippen LogP contribution >= 0.6 is 22.9 Å². The Balaban J connectivity index is 1.37. The summed E-state index contributed by atoms with van der Waals surface area (Å²) in [6, 6.07) is -0.115. The second kappa shape index (κ2) is 8.97. The number of halogens is 1. The quantitative estimate of drug-likeness (QED) is 0.480. The van der Waals surface area contributed by atoms with Crippen LogP contribution < -0.4 is 4.90 Å².